The van der Waals surface area contributed by atoms with E-state index in [0.29, 0.717) is 19.6 Å². The first kappa shape index (κ1) is 23.2. The maximum atomic E-state index is 12.7. The van der Waals surface area contributed by atoms with Crippen LogP contribution in [0.3, 0.4) is 0 Å². The number of piperidine rings is 1. The summed E-state index contributed by atoms with van der Waals surface area (Å²) in [7, 11) is 3.47. The van der Waals surface area contributed by atoms with E-state index in [1.54, 1.807) is 12.0 Å². The number of carbonyl (C=O) groups is 2. The highest BCUT2D eigenvalue weighted by Gasteiger charge is 2.27. The molecule has 162 valence electrons. The van der Waals surface area contributed by atoms with Gasteiger partial charge in [0.15, 0.2) is 0 Å². The number of rotatable bonds is 11. The molecule has 1 heterocycles. The lowest BCUT2D eigenvalue weighted by atomic mass is 9.97. The number of ether oxygens (including phenoxy) is 1. The van der Waals surface area contributed by atoms with Gasteiger partial charge in [-0.1, -0.05) is 38.3 Å². The van der Waals surface area contributed by atoms with Crippen LogP contribution in [0.15, 0.2) is 24.3 Å². The van der Waals surface area contributed by atoms with E-state index in [1.807, 2.05) is 31.3 Å². The van der Waals surface area contributed by atoms with E-state index < -0.39 is 0 Å². The number of unbranched alkanes of at least 4 members (excludes halogenated alkanes) is 3. The molecule has 1 aromatic carbocycles. The SMILES string of the molecule is CCCCCCNC(=O)C1CCCN(CC(=O)N(C)Cc2cccc(OC)c2)C1. The van der Waals surface area contributed by atoms with Gasteiger partial charge >= 0.3 is 0 Å². The summed E-state index contributed by atoms with van der Waals surface area (Å²) in [6.07, 6.45) is 6.50. The zero-order chi connectivity index (χ0) is 21.1. The number of hydrogen-bond donors (Lipinski definition) is 1. The third-order valence-corrected chi connectivity index (χ3v) is 5.54. The molecular formula is C23H37N3O3. The first-order valence-corrected chi connectivity index (χ1v) is 10.9. The number of amides is 2. The quantitative estimate of drug-likeness (QED) is 0.577. The van der Waals surface area contributed by atoms with Crippen LogP contribution in [-0.2, 0) is 16.1 Å². The number of benzene rings is 1. The number of likely N-dealkylation sites (N-methyl/N-ethyl adjacent to an activating group) is 1. The van der Waals surface area contributed by atoms with Crippen molar-refractivity contribution >= 4 is 11.8 Å². The Bertz CT molecular complexity index is 650. The molecule has 0 spiro atoms. The molecule has 1 aromatic rings. The maximum absolute atomic E-state index is 12.7. The smallest absolute Gasteiger partial charge is 0.236 e. The van der Waals surface area contributed by atoms with Crippen molar-refractivity contribution in [2.75, 3.05) is 40.3 Å². The molecule has 1 unspecified atom stereocenters. The van der Waals surface area contributed by atoms with Crippen molar-refractivity contribution in [3.05, 3.63) is 29.8 Å². The lowest BCUT2D eigenvalue weighted by Crippen LogP contribution is -2.46. The van der Waals surface area contributed by atoms with Crippen LogP contribution >= 0.6 is 0 Å². The molecule has 6 nitrogen and oxygen atoms in total. The number of carbonyl (C=O) groups excluding carboxylic acids is 2. The molecule has 29 heavy (non-hydrogen) atoms. The zero-order valence-electron chi connectivity index (χ0n) is 18.3. The summed E-state index contributed by atoms with van der Waals surface area (Å²) < 4.78 is 5.25. The van der Waals surface area contributed by atoms with E-state index in [2.05, 4.69) is 17.1 Å². The first-order valence-electron chi connectivity index (χ1n) is 10.9. The van der Waals surface area contributed by atoms with Gasteiger partial charge in [0.05, 0.1) is 19.6 Å². The first-order chi connectivity index (χ1) is 14.0. The summed E-state index contributed by atoms with van der Waals surface area (Å²) in [6.45, 7) is 5.40. The Morgan fingerprint density at radius 1 is 1.28 bits per heavy atom. The molecule has 1 aliphatic rings. The topological polar surface area (TPSA) is 61.9 Å². The Kier molecular flexibility index (Phi) is 9.98. The predicted molar refractivity (Wildman–Crippen MR) is 116 cm³/mol. The van der Waals surface area contributed by atoms with Crippen LogP contribution < -0.4 is 10.1 Å². The maximum Gasteiger partial charge on any atom is 0.236 e. The van der Waals surface area contributed by atoms with Crippen LogP contribution in [-0.4, -0.2) is 62.0 Å². The molecule has 1 atom stereocenters. The molecule has 0 radical (unpaired) electrons. The van der Waals surface area contributed by atoms with Gasteiger partial charge in [-0.15, -0.1) is 0 Å². The van der Waals surface area contributed by atoms with Crippen molar-refractivity contribution in [1.82, 2.24) is 15.1 Å². The Morgan fingerprint density at radius 3 is 2.86 bits per heavy atom. The minimum atomic E-state index is -0.00795. The van der Waals surface area contributed by atoms with Crippen LogP contribution in [0.2, 0.25) is 0 Å². The number of nitrogens with zero attached hydrogens (tertiary/aromatic N) is 2. The Balaban J connectivity index is 1.76. The molecule has 2 amide bonds. The molecule has 6 heteroatoms. The second-order valence-electron chi connectivity index (χ2n) is 8.03. The fraction of sp³-hybridized carbons (Fsp3) is 0.652. The molecule has 2 rings (SSSR count). The summed E-state index contributed by atoms with van der Waals surface area (Å²) >= 11 is 0. The fourth-order valence-electron chi connectivity index (χ4n) is 3.77. The minimum absolute atomic E-state index is 0.00795. The molecular weight excluding hydrogens is 366 g/mol. The molecule has 0 saturated carbocycles. The van der Waals surface area contributed by atoms with Crippen LogP contribution in [0.5, 0.6) is 5.75 Å². The number of hydrogen-bond acceptors (Lipinski definition) is 4. The van der Waals surface area contributed by atoms with Crippen molar-refractivity contribution in [3.63, 3.8) is 0 Å². The van der Waals surface area contributed by atoms with Gasteiger partial charge in [-0.3, -0.25) is 14.5 Å². The van der Waals surface area contributed by atoms with E-state index in [0.717, 1.165) is 43.7 Å². The second kappa shape index (κ2) is 12.5. The Hall–Kier alpha value is -2.08. The standard InChI is InChI=1S/C23H37N3O3/c1-4-5-6-7-13-24-23(28)20-11-9-14-26(17-20)18-22(27)25(2)16-19-10-8-12-21(15-19)29-3/h8,10,12,15,20H,4-7,9,11,13-14,16-18H2,1-3H3,(H,24,28). The Labute approximate surface area is 175 Å². The van der Waals surface area contributed by atoms with Gasteiger partial charge in [-0.05, 0) is 43.5 Å². The van der Waals surface area contributed by atoms with Crippen molar-refractivity contribution in [2.45, 2.75) is 52.0 Å². The highest BCUT2D eigenvalue weighted by atomic mass is 16.5. The van der Waals surface area contributed by atoms with Gasteiger partial charge < -0.3 is 15.0 Å². The van der Waals surface area contributed by atoms with Crippen molar-refractivity contribution in [2.24, 2.45) is 5.92 Å². The molecule has 0 bridgehead atoms. The number of nitrogens with one attached hydrogen (secondary N) is 1. The van der Waals surface area contributed by atoms with Crippen LogP contribution in [0.25, 0.3) is 0 Å². The lowest BCUT2D eigenvalue weighted by Gasteiger charge is -2.32. The van der Waals surface area contributed by atoms with E-state index in [9.17, 15) is 9.59 Å². The average molecular weight is 404 g/mol. The molecule has 0 aliphatic carbocycles. The third kappa shape index (κ3) is 8.05. The normalized spacial score (nSPS) is 17.0. The number of likely N-dealkylation sites (tertiary alicyclic amines) is 1. The number of methoxy groups -OCH3 is 1. The predicted octanol–water partition coefficient (Wildman–Crippen LogP) is 3.06. The minimum Gasteiger partial charge on any atom is -0.497 e. The van der Waals surface area contributed by atoms with Gasteiger partial charge in [0.25, 0.3) is 0 Å². The van der Waals surface area contributed by atoms with E-state index in [1.165, 1.54) is 19.3 Å². The third-order valence-electron chi connectivity index (χ3n) is 5.54. The van der Waals surface area contributed by atoms with E-state index in [4.69, 9.17) is 4.74 Å². The highest BCUT2D eigenvalue weighted by molar-refractivity contribution is 5.80. The average Bonchev–Trinajstić information content (AvgIpc) is 2.73. The molecule has 0 aromatic heterocycles. The van der Waals surface area contributed by atoms with Crippen LogP contribution in [0, 0.1) is 5.92 Å². The summed E-state index contributed by atoms with van der Waals surface area (Å²) in [4.78, 5) is 29.0. The highest BCUT2D eigenvalue weighted by Crippen LogP contribution is 2.18. The largest absolute Gasteiger partial charge is 0.497 e. The van der Waals surface area contributed by atoms with Crippen LogP contribution in [0.4, 0.5) is 0 Å². The van der Waals surface area contributed by atoms with E-state index in [-0.39, 0.29) is 17.7 Å². The molecule has 1 aliphatic heterocycles. The Morgan fingerprint density at radius 2 is 2.10 bits per heavy atom. The second-order valence-corrected chi connectivity index (χ2v) is 8.03. The summed E-state index contributed by atoms with van der Waals surface area (Å²) in [5, 5.41) is 3.08. The monoisotopic (exact) mass is 403 g/mol. The van der Waals surface area contributed by atoms with Crippen molar-refractivity contribution in [1.29, 1.82) is 0 Å². The van der Waals surface area contributed by atoms with Gasteiger partial charge in [0.1, 0.15) is 5.75 Å². The fourth-order valence-corrected chi connectivity index (χ4v) is 3.77. The van der Waals surface area contributed by atoms with Crippen molar-refractivity contribution < 1.29 is 14.3 Å². The van der Waals surface area contributed by atoms with Gasteiger partial charge in [-0.25, -0.2) is 0 Å². The summed E-state index contributed by atoms with van der Waals surface area (Å²) in [5.41, 5.74) is 1.04. The summed E-state index contributed by atoms with van der Waals surface area (Å²) in [5.74, 6) is 1.01. The molecule has 1 N–H and O–H groups in total. The lowest BCUT2D eigenvalue weighted by molar-refractivity contribution is -0.134. The van der Waals surface area contributed by atoms with Crippen LogP contribution in [0.1, 0.15) is 51.0 Å². The van der Waals surface area contributed by atoms with Gasteiger partial charge in [0, 0.05) is 26.7 Å². The van der Waals surface area contributed by atoms with Gasteiger partial charge in [0.2, 0.25) is 11.8 Å². The zero-order valence-corrected chi connectivity index (χ0v) is 18.3. The van der Waals surface area contributed by atoms with Gasteiger partial charge in [-0.2, -0.15) is 0 Å². The van der Waals surface area contributed by atoms with Crippen molar-refractivity contribution in [3.8, 4) is 5.75 Å². The summed E-state index contributed by atoms with van der Waals surface area (Å²) in [6, 6.07) is 7.77. The molecule has 1 saturated heterocycles. The molecule has 1 fully saturated rings. The van der Waals surface area contributed by atoms with E-state index >= 15 is 0 Å².